The summed E-state index contributed by atoms with van der Waals surface area (Å²) < 4.78 is 65.9. The summed E-state index contributed by atoms with van der Waals surface area (Å²) in [7, 11) is -3.69. The Morgan fingerprint density at radius 1 is 0.677 bits per heavy atom. The van der Waals surface area contributed by atoms with Gasteiger partial charge in [0.15, 0.2) is 0 Å². The number of nitrogens with one attached hydrogen (secondary N) is 1. The second-order valence-corrected chi connectivity index (χ2v) is 20.9. The van der Waals surface area contributed by atoms with Crippen LogP contribution in [0.2, 0.25) is 5.15 Å². The average Bonchev–Trinajstić information content (AvgIpc) is 3.33. The number of hydrogen-bond donors (Lipinski definition) is 1. The van der Waals surface area contributed by atoms with E-state index in [0.29, 0.717) is 34.0 Å². The third kappa shape index (κ3) is 12.7. The number of sulfonamides is 2. The van der Waals surface area contributed by atoms with Crippen LogP contribution in [0.15, 0.2) is 120 Å². The molecule has 2 aromatic heterocycles. The molecule has 2 unspecified atom stereocenters. The van der Waals surface area contributed by atoms with Gasteiger partial charge < -0.3 is 19.7 Å². The first-order valence-electron chi connectivity index (χ1n) is 22.0. The van der Waals surface area contributed by atoms with Gasteiger partial charge in [-0.05, 0) is 139 Å². The van der Waals surface area contributed by atoms with Gasteiger partial charge in [-0.2, -0.15) is 8.61 Å². The number of halogens is 1. The maximum atomic E-state index is 13.3. The molecule has 1 N–H and O–H groups in total. The third-order valence-electron chi connectivity index (χ3n) is 11.6. The summed E-state index contributed by atoms with van der Waals surface area (Å²) in [6.07, 6.45) is 7.22. The van der Waals surface area contributed by atoms with E-state index < -0.39 is 20.0 Å². The molecule has 0 spiro atoms. The molecule has 14 nitrogen and oxygen atoms in total. The van der Waals surface area contributed by atoms with Gasteiger partial charge in [0.1, 0.15) is 35.1 Å². The van der Waals surface area contributed by atoms with E-state index in [1.165, 1.54) is 6.33 Å². The fraction of sp³-hybridized carbons (Fsp3) is 0.417. The minimum absolute atomic E-state index is 0.0258. The van der Waals surface area contributed by atoms with Crippen LogP contribution >= 0.6 is 11.6 Å². The molecule has 2 fully saturated rings. The molecule has 2 atom stereocenters. The number of ether oxygens (including phenoxy) is 2. The minimum atomic E-state index is -3.55. The smallest absolute Gasteiger partial charge is 0.243 e. The van der Waals surface area contributed by atoms with Crippen LogP contribution in [0.1, 0.15) is 53.4 Å². The van der Waals surface area contributed by atoms with E-state index in [9.17, 15) is 16.8 Å². The Hall–Kier alpha value is -4.97. The first kappa shape index (κ1) is 49.5. The number of piperidine rings is 2. The number of methoxy groups -OCH3 is 2. The maximum absolute atomic E-state index is 13.3. The summed E-state index contributed by atoms with van der Waals surface area (Å²) >= 11 is 5.88. The van der Waals surface area contributed by atoms with Crippen LogP contribution in [0.3, 0.4) is 0 Å². The van der Waals surface area contributed by atoms with E-state index in [1.54, 1.807) is 77.7 Å². The lowest BCUT2D eigenvalue weighted by Crippen LogP contribution is -2.45. The van der Waals surface area contributed by atoms with Gasteiger partial charge in [-0.3, -0.25) is 0 Å². The zero-order valence-electron chi connectivity index (χ0n) is 38.0. The standard InChI is InChI=1S/C24H30N4O3S.C15H24N2O2S.C9H7ClN2O/c1-18(2)28(32(29,30)21-9-5-4-6-10-21)16-19-8-7-13-27(15-19)24-22-14-20(31-3)11-12-23(22)25-17-26-24;1-13(2)17(12-14-7-6-10-16-11-14)20(18,19)15-8-4-3-5-9-15;1-13-6-2-3-8-7(4-6)9(10)12-5-11-8/h4-6,9-12,14,17-19H,7-8,13,15-16H2,1-3H3;3-5,8-9,13-14,16H,6-7,10-12H2,1-2H3;2-5H,1H3. The molecule has 0 amide bonds. The molecule has 0 aliphatic carbocycles. The highest BCUT2D eigenvalue weighted by Gasteiger charge is 2.33. The average molecular weight is 946 g/mol. The normalized spacial score (nSPS) is 16.9. The molecule has 0 radical (unpaired) electrons. The van der Waals surface area contributed by atoms with E-state index in [0.717, 1.165) is 91.0 Å². The number of fused-ring (bicyclic) bond motifs is 2. The van der Waals surface area contributed by atoms with Crippen molar-refractivity contribution >= 4 is 59.3 Å². The van der Waals surface area contributed by atoms with Gasteiger partial charge >= 0.3 is 0 Å². The number of anilines is 1. The van der Waals surface area contributed by atoms with E-state index in [2.05, 4.69) is 30.2 Å². The van der Waals surface area contributed by atoms with Crippen LogP contribution in [0, 0.1) is 11.8 Å². The van der Waals surface area contributed by atoms with Crippen LogP contribution < -0.4 is 19.7 Å². The molecule has 4 heterocycles. The molecule has 2 saturated heterocycles. The van der Waals surface area contributed by atoms with Crippen molar-refractivity contribution in [3.8, 4) is 11.5 Å². The van der Waals surface area contributed by atoms with Crippen molar-refractivity contribution in [1.82, 2.24) is 33.9 Å². The quantitative estimate of drug-likeness (QED) is 0.111. The topological polar surface area (TPSA) is 160 Å². The predicted octanol–water partition coefficient (Wildman–Crippen LogP) is 8.33. The van der Waals surface area contributed by atoms with Crippen molar-refractivity contribution in [2.24, 2.45) is 11.8 Å². The highest BCUT2D eigenvalue weighted by atomic mass is 35.5. The van der Waals surface area contributed by atoms with Crippen LogP contribution in [0.4, 0.5) is 5.82 Å². The van der Waals surface area contributed by atoms with E-state index in [4.69, 9.17) is 21.1 Å². The van der Waals surface area contributed by atoms with Crippen molar-refractivity contribution < 1.29 is 26.3 Å². The van der Waals surface area contributed by atoms with Crippen LogP contribution in [-0.4, -0.2) is 111 Å². The number of hydrogen-bond acceptors (Lipinski definition) is 12. The molecular weight excluding hydrogens is 884 g/mol. The van der Waals surface area contributed by atoms with Crippen molar-refractivity contribution in [3.63, 3.8) is 0 Å². The first-order chi connectivity index (χ1) is 31.2. The van der Waals surface area contributed by atoms with E-state index in [1.807, 2.05) is 76.2 Å². The Kier molecular flexibility index (Phi) is 17.5. The Labute approximate surface area is 389 Å². The molecule has 348 valence electrons. The molecular formula is C48H61ClN8O6S2. The third-order valence-corrected chi connectivity index (χ3v) is 16.0. The second-order valence-electron chi connectivity index (χ2n) is 16.8. The highest BCUT2D eigenvalue weighted by molar-refractivity contribution is 7.89. The lowest BCUT2D eigenvalue weighted by molar-refractivity contribution is 0.264. The Morgan fingerprint density at radius 2 is 1.18 bits per heavy atom. The van der Waals surface area contributed by atoms with Crippen LogP contribution in [-0.2, 0) is 20.0 Å². The van der Waals surface area contributed by atoms with Gasteiger partial charge in [-0.1, -0.05) is 48.0 Å². The summed E-state index contributed by atoms with van der Waals surface area (Å²) in [6.45, 7) is 12.4. The van der Waals surface area contributed by atoms with Gasteiger partial charge in [-0.25, -0.2) is 36.8 Å². The largest absolute Gasteiger partial charge is 0.497 e. The number of rotatable bonds is 13. The van der Waals surface area contributed by atoms with Gasteiger partial charge in [0.2, 0.25) is 20.0 Å². The SMILES string of the molecule is CC(C)N(CC1CCCNC1)S(=O)(=O)c1ccccc1.COc1ccc2ncnc(Cl)c2c1.COc1ccc2ncnc(N3CCCC(CN(C(C)C)S(=O)(=O)c4ccccc4)C3)c2c1. The van der Waals surface area contributed by atoms with Crippen molar-refractivity contribution in [1.29, 1.82) is 0 Å². The molecule has 0 saturated carbocycles. The zero-order valence-corrected chi connectivity index (χ0v) is 40.4. The summed E-state index contributed by atoms with van der Waals surface area (Å²) in [6, 6.07) is 28.6. The van der Waals surface area contributed by atoms with Gasteiger partial charge in [0.25, 0.3) is 0 Å². The summed E-state index contributed by atoms with van der Waals surface area (Å²) in [5, 5.41) is 5.55. The van der Waals surface area contributed by atoms with Gasteiger partial charge in [0.05, 0.1) is 35.0 Å². The molecule has 8 rings (SSSR count). The Bertz CT molecular complexity index is 2680. The lowest BCUT2D eigenvalue weighted by Gasteiger charge is -2.37. The highest BCUT2D eigenvalue weighted by Crippen LogP contribution is 2.32. The number of nitrogens with zero attached hydrogens (tertiary/aromatic N) is 7. The lowest BCUT2D eigenvalue weighted by atomic mass is 9.97. The molecule has 2 aliphatic rings. The Morgan fingerprint density at radius 3 is 1.71 bits per heavy atom. The van der Waals surface area contributed by atoms with Crippen LogP contribution in [0.25, 0.3) is 21.8 Å². The van der Waals surface area contributed by atoms with E-state index >= 15 is 0 Å². The molecule has 17 heteroatoms. The van der Waals surface area contributed by atoms with E-state index in [-0.39, 0.29) is 18.0 Å². The molecule has 6 aromatic rings. The molecule has 4 aromatic carbocycles. The molecule has 0 bridgehead atoms. The Balaban J connectivity index is 0.000000180. The maximum Gasteiger partial charge on any atom is 0.243 e. The number of benzene rings is 4. The molecule has 65 heavy (non-hydrogen) atoms. The van der Waals surface area contributed by atoms with Crippen molar-refractivity contribution in [3.05, 3.63) is 115 Å². The van der Waals surface area contributed by atoms with Gasteiger partial charge in [0, 0.05) is 49.0 Å². The van der Waals surface area contributed by atoms with Crippen molar-refractivity contribution in [2.75, 3.05) is 58.4 Å². The van der Waals surface area contributed by atoms with Crippen molar-refractivity contribution in [2.45, 2.75) is 75.3 Å². The fourth-order valence-electron chi connectivity index (χ4n) is 8.16. The zero-order chi connectivity index (χ0) is 46.6. The second kappa shape index (κ2) is 23.0. The summed E-state index contributed by atoms with van der Waals surface area (Å²) in [5.74, 6) is 3.01. The molecule has 2 aliphatic heterocycles. The first-order valence-corrected chi connectivity index (χ1v) is 25.3. The van der Waals surface area contributed by atoms with Crippen LogP contribution in [0.5, 0.6) is 11.5 Å². The predicted molar refractivity (Wildman–Crippen MR) is 259 cm³/mol. The fourth-order valence-corrected chi connectivity index (χ4v) is 11.8. The summed E-state index contributed by atoms with van der Waals surface area (Å²) in [5.41, 5.74) is 1.69. The van der Waals surface area contributed by atoms with Gasteiger partial charge in [-0.15, -0.1) is 0 Å². The summed E-state index contributed by atoms with van der Waals surface area (Å²) in [4.78, 5) is 19.9. The monoisotopic (exact) mass is 944 g/mol. The number of aromatic nitrogens is 4. The minimum Gasteiger partial charge on any atom is -0.497 e.